The van der Waals surface area contributed by atoms with E-state index in [0.717, 1.165) is 5.56 Å². The number of nitrogens with zero attached hydrogens (tertiary/aromatic N) is 2. The molecule has 9 nitrogen and oxygen atoms in total. The molecule has 0 unspecified atom stereocenters. The Morgan fingerprint density at radius 3 is 2.11 bits per heavy atom. The van der Waals surface area contributed by atoms with E-state index >= 15 is 0 Å². The van der Waals surface area contributed by atoms with Crippen LogP contribution in [0.1, 0.15) is 23.1 Å². The summed E-state index contributed by atoms with van der Waals surface area (Å²) >= 11 is 6.13. The van der Waals surface area contributed by atoms with Crippen LogP contribution in [0.5, 0.6) is 0 Å². The predicted molar refractivity (Wildman–Crippen MR) is 130 cm³/mol. The highest BCUT2D eigenvalue weighted by Crippen LogP contribution is 2.39. The molecule has 0 amide bonds. The highest BCUT2D eigenvalue weighted by molar-refractivity contribution is 6.30. The number of piperidine rings is 1. The lowest BCUT2D eigenvalue weighted by atomic mass is 9.82. The van der Waals surface area contributed by atoms with Crippen LogP contribution in [0.15, 0.2) is 72.8 Å². The Morgan fingerprint density at radius 1 is 0.914 bits per heavy atom. The van der Waals surface area contributed by atoms with Crippen LogP contribution in [-0.4, -0.2) is 29.0 Å². The standard InChI is InChI=1S/C25H24ClN3O6/c26-21-9-7-20(8-10-21)25(35-17-19-4-2-6-23(14-19)29(32)33)11-12-27-15-24(25)34-16-18-3-1-5-22(13-18)28(30)31/h1-10,13-14,24,27H,11-12,15-17H2/t24-,25-/m1/s1. The molecule has 4 rings (SSSR count). The third-order valence-electron chi connectivity index (χ3n) is 6.05. The molecule has 2 atom stereocenters. The average molecular weight is 498 g/mol. The van der Waals surface area contributed by atoms with E-state index in [-0.39, 0.29) is 24.6 Å². The molecule has 1 N–H and O–H groups in total. The molecule has 1 heterocycles. The van der Waals surface area contributed by atoms with Crippen molar-refractivity contribution >= 4 is 23.0 Å². The number of ether oxygens (including phenoxy) is 2. The van der Waals surface area contributed by atoms with E-state index in [1.54, 1.807) is 36.4 Å². The van der Waals surface area contributed by atoms with E-state index in [2.05, 4.69) is 5.32 Å². The van der Waals surface area contributed by atoms with Crippen molar-refractivity contribution in [2.75, 3.05) is 13.1 Å². The topological polar surface area (TPSA) is 117 Å². The fourth-order valence-corrected chi connectivity index (χ4v) is 4.39. The molecule has 0 aliphatic carbocycles. The van der Waals surface area contributed by atoms with Crippen LogP contribution in [0, 0.1) is 20.2 Å². The first kappa shape index (κ1) is 24.7. The van der Waals surface area contributed by atoms with Gasteiger partial charge in [0, 0.05) is 35.8 Å². The molecule has 0 aromatic heterocycles. The second-order valence-electron chi connectivity index (χ2n) is 8.29. The van der Waals surface area contributed by atoms with Crippen LogP contribution in [-0.2, 0) is 28.3 Å². The van der Waals surface area contributed by atoms with Crippen LogP contribution in [0.3, 0.4) is 0 Å². The van der Waals surface area contributed by atoms with Crippen molar-refractivity contribution in [2.45, 2.75) is 31.3 Å². The van der Waals surface area contributed by atoms with E-state index in [1.807, 2.05) is 12.1 Å². The molecule has 0 bridgehead atoms. The van der Waals surface area contributed by atoms with Gasteiger partial charge in [-0.2, -0.15) is 0 Å². The smallest absolute Gasteiger partial charge is 0.269 e. The number of nitro benzene ring substituents is 2. The van der Waals surface area contributed by atoms with Crippen molar-refractivity contribution in [3.63, 3.8) is 0 Å². The highest BCUT2D eigenvalue weighted by Gasteiger charge is 2.44. The van der Waals surface area contributed by atoms with Crippen molar-refractivity contribution in [2.24, 2.45) is 0 Å². The Morgan fingerprint density at radius 2 is 1.51 bits per heavy atom. The van der Waals surface area contributed by atoms with Gasteiger partial charge in [-0.1, -0.05) is 48.0 Å². The van der Waals surface area contributed by atoms with E-state index in [4.69, 9.17) is 21.1 Å². The van der Waals surface area contributed by atoms with Crippen LogP contribution < -0.4 is 5.32 Å². The summed E-state index contributed by atoms with van der Waals surface area (Å²) in [5.74, 6) is 0. The molecule has 182 valence electrons. The number of non-ortho nitro benzene ring substituents is 2. The summed E-state index contributed by atoms with van der Waals surface area (Å²) in [4.78, 5) is 21.5. The SMILES string of the molecule is O=[N+]([O-])c1cccc(CO[C@@H]2CNCC[C@@]2(OCc2cccc([N+](=O)[O-])c2)c2ccc(Cl)cc2)c1. The van der Waals surface area contributed by atoms with Gasteiger partial charge in [0.05, 0.1) is 23.1 Å². The lowest BCUT2D eigenvalue weighted by Crippen LogP contribution is -2.54. The Hall–Kier alpha value is -3.37. The van der Waals surface area contributed by atoms with Gasteiger partial charge in [-0.3, -0.25) is 20.2 Å². The summed E-state index contributed by atoms with van der Waals surface area (Å²) in [6.07, 6.45) is 0.152. The van der Waals surface area contributed by atoms with Gasteiger partial charge in [-0.25, -0.2) is 0 Å². The zero-order valence-corrected chi connectivity index (χ0v) is 19.5. The monoisotopic (exact) mass is 497 g/mol. The average Bonchev–Trinajstić information content (AvgIpc) is 2.87. The third kappa shape index (κ3) is 5.83. The largest absolute Gasteiger partial charge is 0.369 e. The first-order chi connectivity index (χ1) is 16.9. The number of nitrogens with one attached hydrogen (secondary N) is 1. The Balaban J connectivity index is 1.62. The van der Waals surface area contributed by atoms with E-state index in [9.17, 15) is 20.2 Å². The van der Waals surface area contributed by atoms with Gasteiger partial charge < -0.3 is 14.8 Å². The number of halogens is 1. The molecular weight excluding hydrogens is 474 g/mol. The second-order valence-corrected chi connectivity index (χ2v) is 8.73. The van der Waals surface area contributed by atoms with Gasteiger partial charge in [0.2, 0.25) is 0 Å². The highest BCUT2D eigenvalue weighted by atomic mass is 35.5. The molecule has 0 radical (unpaired) electrons. The van der Waals surface area contributed by atoms with Crippen LogP contribution >= 0.6 is 11.6 Å². The van der Waals surface area contributed by atoms with Crippen molar-refractivity contribution < 1.29 is 19.3 Å². The summed E-state index contributed by atoms with van der Waals surface area (Å²) < 4.78 is 12.8. The molecule has 1 aliphatic heterocycles. The first-order valence-corrected chi connectivity index (χ1v) is 11.4. The molecule has 3 aromatic carbocycles. The van der Waals surface area contributed by atoms with Crippen molar-refractivity contribution in [1.82, 2.24) is 5.32 Å². The maximum absolute atomic E-state index is 11.2. The fraction of sp³-hybridized carbons (Fsp3) is 0.280. The molecule has 10 heteroatoms. The van der Waals surface area contributed by atoms with Crippen molar-refractivity contribution in [1.29, 1.82) is 0 Å². The normalized spacial score (nSPS) is 19.9. The molecule has 1 aliphatic rings. The molecule has 0 spiro atoms. The fourth-order valence-electron chi connectivity index (χ4n) is 4.27. The number of benzene rings is 3. The molecule has 0 saturated carbocycles. The molecule has 35 heavy (non-hydrogen) atoms. The van der Waals surface area contributed by atoms with E-state index in [0.29, 0.717) is 35.7 Å². The summed E-state index contributed by atoms with van der Waals surface area (Å²) in [5, 5.41) is 26.3. The molecule has 3 aromatic rings. The first-order valence-electron chi connectivity index (χ1n) is 11.1. The second kappa shape index (κ2) is 10.9. The Labute approximate surface area is 206 Å². The number of rotatable bonds is 9. The predicted octanol–water partition coefficient (Wildman–Crippen LogP) is 5.15. The van der Waals surface area contributed by atoms with Crippen LogP contribution in [0.2, 0.25) is 5.02 Å². The molecular formula is C25H24ClN3O6. The zero-order valence-electron chi connectivity index (χ0n) is 18.8. The van der Waals surface area contributed by atoms with Gasteiger partial charge in [-0.05, 0) is 41.8 Å². The number of nitro groups is 2. The van der Waals surface area contributed by atoms with Gasteiger partial charge in [0.1, 0.15) is 11.7 Å². The lowest BCUT2D eigenvalue weighted by molar-refractivity contribution is -0.385. The number of hydrogen-bond donors (Lipinski definition) is 1. The minimum absolute atomic E-state index is 0.00115. The summed E-state index contributed by atoms with van der Waals surface area (Å²) in [6, 6.07) is 20.0. The molecule has 1 fully saturated rings. The zero-order chi connectivity index (χ0) is 24.8. The van der Waals surface area contributed by atoms with Gasteiger partial charge in [0.15, 0.2) is 0 Å². The van der Waals surface area contributed by atoms with Crippen molar-refractivity contribution in [3.05, 3.63) is 115 Å². The summed E-state index contributed by atoms with van der Waals surface area (Å²) in [5.41, 5.74) is 1.35. The maximum Gasteiger partial charge on any atom is 0.269 e. The van der Waals surface area contributed by atoms with Gasteiger partial charge >= 0.3 is 0 Å². The van der Waals surface area contributed by atoms with Gasteiger partial charge in [0.25, 0.3) is 11.4 Å². The molecule has 1 saturated heterocycles. The Bertz CT molecular complexity index is 1210. The van der Waals surface area contributed by atoms with E-state index in [1.165, 1.54) is 24.3 Å². The Kier molecular flexibility index (Phi) is 7.72. The van der Waals surface area contributed by atoms with E-state index < -0.39 is 21.6 Å². The minimum Gasteiger partial charge on any atom is -0.369 e. The lowest BCUT2D eigenvalue weighted by Gasteiger charge is -2.44. The van der Waals surface area contributed by atoms with Gasteiger partial charge in [-0.15, -0.1) is 0 Å². The van der Waals surface area contributed by atoms with Crippen LogP contribution in [0.4, 0.5) is 11.4 Å². The summed E-state index contributed by atoms with van der Waals surface area (Å²) in [7, 11) is 0. The quantitative estimate of drug-likeness (QED) is 0.321. The maximum atomic E-state index is 11.2. The van der Waals surface area contributed by atoms with Crippen molar-refractivity contribution in [3.8, 4) is 0 Å². The number of hydrogen-bond acceptors (Lipinski definition) is 7. The minimum atomic E-state index is -0.860. The van der Waals surface area contributed by atoms with Crippen LogP contribution in [0.25, 0.3) is 0 Å². The summed E-state index contributed by atoms with van der Waals surface area (Å²) in [6.45, 7) is 1.46. The third-order valence-corrected chi connectivity index (χ3v) is 6.30.